The Kier molecular flexibility index (Phi) is 3.50. The van der Waals surface area contributed by atoms with E-state index in [0.717, 1.165) is 44.5 Å². The number of carbonyl (C=O) groups is 2. The first kappa shape index (κ1) is 12.3. The van der Waals surface area contributed by atoms with Crippen LogP contribution in [0.2, 0.25) is 0 Å². The molecule has 0 radical (unpaired) electrons. The zero-order chi connectivity index (χ0) is 12.5. The normalized spacial score (nSPS) is 28.6. The second kappa shape index (κ2) is 5.11. The molecule has 0 aromatic rings. The van der Waals surface area contributed by atoms with Crippen molar-refractivity contribution < 1.29 is 9.59 Å². The van der Waals surface area contributed by atoms with E-state index < -0.39 is 0 Å². The van der Waals surface area contributed by atoms with Crippen LogP contribution in [0.4, 0.5) is 0 Å². The zero-order valence-corrected chi connectivity index (χ0v) is 11.5. The Morgan fingerprint density at radius 1 is 1.00 bits per heavy atom. The number of hydrogen-bond acceptors (Lipinski definition) is 3. The first-order chi connectivity index (χ1) is 8.77. The first-order valence-electron chi connectivity index (χ1n) is 6.94. The summed E-state index contributed by atoms with van der Waals surface area (Å²) < 4.78 is 0. The van der Waals surface area contributed by atoms with Crippen molar-refractivity contribution >= 4 is 23.6 Å². The van der Waals surface area contributed by atoms with Gasteiger partial charge in [0, 0.05) is 24.8 Å². The molecule has 3 fully saturated rings. The Hall–Kier alpha value is -0.710. The van der Waals surface area contributed by atoms with Gasteiger partial charge >= 0.3 is 0 Å². The van der Waals surface area contributed by atoms with E-state index in [-0.39, 0.29) is 23.8 Å². The lowest BCUT2D eigenvalue weighted by molar-refractivity contribution is -0.144. The summed E-state index contributed by atoms with van der Waals surface area (Å²) in [6, 6.07) is -0.179. The summed E-state index contributed by atoms with van der Waals surface area (Å²) in [5.74, 6) is 2.12. The number of rotatable bonds is 2. The van der Waals surface area contributed by atoms with Crippen LogP contribution in [0.1, 0.15) is 32.1 Å². The summed E-state index contributed by atoms with van der Waals surface area (Å²) in [5, 5.41) is 0. The minimum absolute atomic E-state index is 0.179. The zero-order valence-electron chi connectivity index (χ0n) is 10.6. The van der Waals surface area contributed by atoms with Gasteiger partial charge in [-0.25, -0.2) is 0 Å². The largest absolute Gasteiger partial charge is 0.341 e. The lowest BCUT2D eigenvalue weighted by atomic mass is 10.1. The third-order valence-electron chi connectivity index (χ3n) is 4.04. The van der Waals surface area contributed by atoms with Crippen molar-refractivity contribution in [1.82, 2.24) is 9.80 Å². The van der Waals surface area contributed by atoms with Gasteiger partial charge in [0.1, 0.15) is 6.04 Å². The number of nitrogens with zero attached hydrogens (tertiary/aromatic N) is 2. The van der Waals surface area contributed by atoms with E-state index in [0.29, 0.717) is 5.88 Å². The Morgan fingerprint density at radius 3 is 2.39 bits per heavy atom. The third kappa shape index (κ3) is 2.37. The monoisotopic (exact) mass is 268 g/mol. The lowest BCUT2D eigenvalue weighted by Crippen LogP contribution is -2.50. The Labute approximate surface area is 112 Å². The maximum Gasteiger partial charge on any atom is 0.246 e. The van der Waals surface area contributed by atoms with Crippen LogP contribution < -0.4 is 0 Å². The van der Waals surface area contributed by atoms with E-state index in [2.05, 4.69) is 0 Å². The van der Waals surface area contributed by atoms with Crippen LogP contribution in [-0.2, 0) is 9.59 Å². The number of likely N-dealkylation sites (tertiary alicyclic amines) is 1. The lowest BCUT2D eigenvalue weighted by Gasteiger charge is -2.32. The predicted molar refractivity (Wildman–Crippen MR) is 71.1 cm³/mol. The summed E-state index contributed by atoms with van der Waals surface area (Å²) in [6.45, 7) is 1.76. The second-order valence-electron chi connectivity index (χ2n) is 5.48. The van der Waals surface area contributed by atoms with E-state index in [1.54, 1.807) is 11.8 Å². The fraction of sp³-hybridized carbons (Fsp3) is 0.846. The molecule has 3 rings (SSSR count). The number of piperidine rings is 1. The van der Waals surface area contributed by atoms with E-state index in [1.807, 2.05) is 9.80 Å². The number of thioether (sulfide) groups is 1. The molecule has 2 heterocycles. The van der Waals surface area contributed by atoms with Crippen molar-refractivity contribution in [3.05, 3.63) is 0 Å². The molecule has 0 spiro atoms. The van der Waals surface area contributed by atoms with E-state index in [4.69, 9.17) is 0 Å². The van der Waals surface area contributed by atoms with Gasteiger partial charge in [0.2, 0.25) is 11.8 Å². The van der Waals surface area contributed by atoms with Gasteiger partial charge in [-0.1, -0.05) is 0 Å². The van der Waals surface area contributed by atoms with Crippen LogP contribution in [0.15, 0.2) is 0 Å². The molecule has 5 heteroatoms. The van der Waals surface area contributed by atoms with Gasteiger partial charge in [0.25, 0.3) is 0 Å². The maximum atomic E-state index is 12.5. The van der Waals surface area contributed by atoms with Gasteiger partial charge in [-0.3, -0.25) is 9.59 Å². The van der Waals surface area contributed by atoms with Crippen LogP contribution in [0, 0.1) is 5.92 Å². The summed E-state index contributed by atoms with van der Waals surface area (Å²) >= 11 is 1.71. The fourth-order valence-electron chi connectivity index (χ4n) is 2.75. The highest BCUT2D eigenvalue weighted by Crippen LogP contribution is 2.34. The molecule has 3 aliphatic rings. The molecule has 100 valence electrons. The highest BCUT2D eigenvalue weighted by atomic mass is 32.2. The van der Waals surface area contributed by atoms with Gasteiger partial charge in [0.05, 0.1) is 5.88 Å². The van der Waals surface area contributed by atoms with Crippen LogP contribution >= 0.6 is 11.8 Å². The Balaban J connectivity index is 1.65. The number of amides is 2. The van der Waals surface area contributed by atoms with Crippen molar-refractivity contribution in [1.29, 1.82) is 0 Å². The van der Waals surface area contributed by atoms with Crippen molar-refractivity contribution in [3.8, 4) is 0 Å². The minimum Gasteiger partial charge on any atom is -0.341 e. The van der Waals surface area contributed by atoms with Crippen LogP contribution in [0.3, 0.4) is 0 Å². The van der Waals surface area contributed by atoms with Crippen LogP contribution in [0.5, 0.6) is 0 Å². The van der Waals surface area contributed by atoms with Crippen LogP contribution in [-0.4, -0.2) is 52.4 Å². The molecule has 0 aromatic carbocycles. The van der Waals surface area contributed by atoms with Crippen LogP contribution in [0.25, 0.3) is 0 Å². The van der Waals surface area contributed by atoms with Crippen molar-refractivity contribution in [2.24, 2.45) is 5.92 Å². The quantitative estimate of drug-likeness (QED) is 0.758. The molecule has 0 aromatic heterocycles. The minimum atomic E-state index is -0.179. The van der Waals surface area contributed by atoms with E-state index in [9.17, 15) is 9.59 Å². The van der Waals surface area contributed by atoms with Gasteiger partial charge in [-0.05, 0) is 32.1 Å². The summed E-state index contributed by atoms with van der Waals surface area (Å²) in [6.07, 6.45) is 5.49. The van der Waals surface area contributed by atoms with Crippen molar-refractivity contribution in [2.75, 3.05) is 24.7 Å². The molecular formula is C13H20N2O2S. The average Bonchev–Trinajstić information content (AvgIpc) is 3.15. The molecule has 2 saturated heterocycles. The molecule has 1 unspecified atom stereocenters. The van der Waals surface area contributed by atoms with Gasteiger partial charge in [0.15, 0.2) is 0 Å². The van der Waals surface area contributed by atoms with Gasteiger partial charge in [-0.2, -0.15) is 0 Å². The number of carbonyl (C=O) groups excluding carboxylic acids is 2. The van der Waals surface area contributed by atoms with Gasteiger partial charge < -0.3 is 9.80 Å². The fourth-order valence-corrected chi connectivity index (χ4v) is 3.91. The predicted octanol–water partition coefficient (Wildman–Crippen LogP) is 1.31. The molecular weight excluding hydrogens is 248 g/mol. The molecule has 18 heavy (non-hydrogen) atoms. The molecule has 0 N–H and O–H groups in total. The number of hydrogen-bond donors (Lipinski definition) is 0. The van der Waals surface area contributed by atoms with Crippen molar-refractivity contribution in [3.63, 3.8) is 0 Å². The molecule has 1 atom stereocenters. The Bertz CT molecular complexity index is 351. The van der Waals surface area contributed by atoms with E-state index in [1.165, 1.54) is 6.42 Å². The second-order valence-corrected chi connectivity index (χ2v) is 6.48. The highest BCUT2D eigenvalue weighted by Gasteiger charge is 2.42. The first-order valence-corrected chi connectivity index (χ1v) is 8.10. The van der Waals surface area contributed by atoms with Crippen molar-refractivity contribution in [2.45, 2.75) is 38.1 Å². The van der Waals surface area contributed by atoms with E-state index >= 15 is 0 Å². The summed E-state index contributed by atoms with van der Waals surface area (Å²) in [7, 11) is 0. The standard InChI is InChI=1S/C13H20N2O2S/c16-12(10-4-5-10)15-9-18-8-11(15)13(17)14-6-2-1-3-7-14/h10-11H,1-9H2. The average molecular weight is 268 g/mol. The topological polar surface area (TPSA) is 40.6 Å². The maximum absolute atomic E-state index is 12.5. The SMILES string of the molecule is O=C(C1CSCN1C(=O)C1CC1)N1CCCCC1. The molecule has 2 aliphatic heterocycles. The Morgan fingerprint density at radius 2 is 1.72 bits per heavy atom. The third-order valence-corrected chi connectivity index (χ3v) is 5.06. The molecule has 0 bridgehead atoms. The highest BCUT2D eigenvalue weighted by molar-refractivity contribution is 7.99. The molecule has 2 amide bonds. The molecule has 1 saturated carbocycles. The molecule has 4 nitrogen and oxygen atoms in total. The van der Waals surface area contributed by atoms with Gasteiger partial charge in [-0.15, -0.1) is 11.8 Å². The summed E-state index contributed by atoms with van der Waals surface area (Å²) in [5.41, 5.74) is 0. The smallest absolute Gasteiger partial charge is 0.246 e. The summed E-state index contributed by atoms with van der Waals surface area (Å²) in [4.78, 5) is 28.4. The molecule has 1 aliphatic carbocycles.